The second kappa shape index (κ2) is 8.18. The molecule has 7 nitrogen and oxygen atoms in total. The largest absolute Gasteiger partial charge is 0.494 e. The van der Waals surface area contributed by atoms with E-state index in [0.29, 0.717) is 23.7 Å². The number of nitrogens with zero attached hydrogens (tertiary/aromatic N) is 2. The fraction of sp³-hybridized carbons (Fsp3) is 0.150. The molecule has 0 aliphatic heterocycles. The van der Waals surface area contributed by atoms with Crippen LogP contribution in [0.2, 0.25) is 0 Å². The molecule has 0 fully saturated rings. The third kappa shape index (κ3) is 4.33. The lowest BCUT2D eigenvalue weighted by Crippen LogP contribution is -2.41. The van der Waals surface area contributed by atoms with E-state index in [1.807, 2.05) is 13.0 Å². The Morgan fingerprint density at radius 1 is 0.963 bits per heavy atom. The number of hydrogen-bond acceptors (Lipinski definition) is 4. The molecular weight excluding hydrogens is 346 g/mol. The van der Waals surface area contributed by atoms with Crippen LogP contribution in [0.15, 0.2) is 76.6 Å². The number of aromatic nitrogens is 2. The first-order valence-corrected chi connectivity index (χ1v) is 8.48. The van der Waals surface area contributed by atoms with Gasteiger partial charge in [-0.25, -0.2) is 0 Å². The van der Waals surface area contributed by atoms with Crippen molar-refractivity contribution in [1.29, 1.82) is 0 Å². The summed E-state index contributed by atoms with van der Waals surface area (Å²) < 4.78 is 7.69. The second-order valence-electron chi connectivity index (χ2n) is 5.75. The molecule has 0 unspecified atom stereocenters. The van der Waals surface area contributed by atoms with Gasteiger partial charge in [0.1, 0.15) is 12.3 Å². The van der Waals surface area contributed by atoms with Crippen molar-refractivity contribution in [2.24, 2.45) is 0 Å². The van der Waals surface area contributed by atoms with Crippen LogP contribution >= 0.6 is 0 Å². The number of nitrogens with one attached hydrogen (secondary N) is 1. The number of ether oxygens (including phenoxy) is 1. The van der Waals surface area contributed by atoms with Gasteiger partial charge >= 0.3 is 11.1 Å². The zero-order chi connectivity index (χ0) is 19.2. The monoisotopic (exact) mass is 365 g/mol. The van der Waals surface area contributed by atoms with E-state index in [0.717, 1.165) is 4.57 Å². The van der Waals surface area contributed by atoms with Crippen LogP contribution in [-0.4, -0.2) is 21.6 Å². The molecule has 7 heteroatoms. The standard InChI is InChI=1S/C20H19N3O4/c1-2-27-17-10-8-16(9-11-17)23-13-12-22(19(25)20(23)26)14-18(24)21-15-6-4-3-5-7-15/h3-13H,2,14H2,1H3,(H,21,24). The molecule has 27 heavy (non-hydrogen) atoms. The van der Waals surface area contributed by atoms with Crippen LogP contribution in [0.4, 0.5) is 5.69 Å². The van der Waals surface area contributed by atoms with Crippen LogP contribution in [0.3, 0.4) is 0 Å². The van der Waals surface area contributed by atoms with Crippen molar-refractivity contribution in [3.05, 3.63) is 87.7 Å². The van der Waals surface area contributed by atoms with E-state index >= 15 is 0 Å². The van der Waals surface area contributed by atoms with E-state index in [1.165, 1.54) is 17.0 Å². The number of para-hydroxylation sites is 1. The average molecular weight is 365 g/mol. The maximum absolute atomic E-state index is 12.4. The highest BCUT2D eigenvalue weighted by atomic mass is 16.5. The molecule has 1 heterocycles. The first-order chi connectivity index (χ1) is 13.1. The summed E-state index contributed by atoms with van der Waals surface area (Å²) in [4.78, 5) is 36.9. The molecule has 3 rings (SSSR count). The Morgan fingerprint density at radius 3 is 2.33 bits per heavy atom. The van der Waals surface area contributed by atoms with E-state index in [-0.39, 0.29) is 12.5 Å². The molecular formula is C20H19N3O4. The predicted molar refractivity (Wildman–Crippen MR) is 103 cm³/mol. The molecule has 0 aliphatic rings. The summed E-state index contributed by atoms with van der Waals surface area (Å²) in [6.07, 6.45) is 2.89. The predicted octanol–water partition coefficient (Wildman–Crippen LogP) is 2.04. The summed E-state index contributed by atoms with van der Waals surface area (Å²) in [7, 11) is 0. The van der Waals surface area contributed by atoms with Crippen molar-refractivity contribution in [1.82, 2.24) is 9.13 Å². The third-order valence-corrected chi connectivity index (χ3v) is 3.86. The minimum atomic E-state index is -0.769. The van der Waals surface area contributed by atoms with E-state index in [9.17, 15) is 14.4 Å². The number of hydrogen-bond donors (Lipinski definition) is 1. The lowest BCUT2D eigenvalue weighted by Gasteiger charge is -2.10. The quantitative estimate of drug-likeness (QED) is 0.678. The highest BCUT2D eigenvalue weighted by molar-refractivity contribution is 5.90. The topological polar surface area (TPSA) is 82.3 Å². The van der Waals surface area contributed by atoms with Gasteiger partial charge in [-0.15, -0.1) is 0 Å². The minimum absolute atomic E-state index is 0.243. The first kappa shape index (κ1) is 18.2. The summed E-state index contributed by atoms with van der Waals surface area (Å²) in [5.74, 6) is 0.293. The third-order valence-electron chi connectivity index (χ3n) is 3.86. The number of amides is 1. The normalized spacial score (nSPS) is 10.4. The Kier molecular flexibility index (Phi) is 5.51. The van der Waals surface area contributed by atoms with Crippen LogP contribution in [0.5, 0.6) is 5.75 Å². The van der Waals surface area contributed by atoms with Gasteiger partial charge in [-0.1, -0.05) is 18.2 Å². The van der Waals surface area contributed by atoms with Gasteiger partial charge < -0.3 is 10.1 Å². The Morgan fingerprint density at radius 2 is 1.67 bits per heavy atom. The van der Waals surface area contributed by atoms with Crippen molar-refractivity contribution < 1.29 is 9.53 Å². The van der Waals surface area contributed by atoms with Crippen molar-refractivity contribution in [2.75, 3.05) is 11.9 Å². The summed E-state index contributed by atoms with van der Waals surface area (Å²) in [5.41, 5.74) is -0.330. The smallest absolute Gasteiger partial charge is 0.320 e. The summed E-state index contributed by atoms with van der Waals surface area (Å²) in [5, 5.41) is 2.68. The van der Waals surface area contributed by atoms with Crippen LogP contribution in [0.25, 0.3) is 5.69 Å². The van der Waals surface area contributed by atoms with Gasteiger partial charge in [-0.3, -0.25) is 23.5 Å². The van der Waals surface area contributed by atoms with Gasteiger partial charge in [0, 0.05) is 23.8 Å². The summed E-state index contributed by atoms with van der Waals surface area (Å²) >= 11 is 0. The number of rotatable bonds is 6. The molecule has 3 aromatic rings. The molecule has 2 aromatic carbocycles. The van der Waals surface area contributed by atoms with E-state index in [1.54, 1.807) is 48.5 Å². The van der Waals surface area contributed by atoms with Gasteiger partial charge in [0.05, 0.1) is 6.61 Å². The molecule has 0 radical (unpaired) electrons. The molecule has 0 atom stereocenters. The molecule has 0 spiro atoms. The van der Waals surface area contributed by atoms with Gasteiger partial charge in [-0.2, -0.15) is 0 Å². The van der Waals surface area contributed by atoms with E-state index < -0.39 is 11.1 Å². The molecule has 0 aliphatic carbocycles. The van der Waals surface area contributed by atoms with Gasteiger partial charge in [0.15, 0.2) is 0 Å². The van der Waals surface area contributed by atoms with E-state index in [2.05, 4.69) is 5.32 Å². The summed E-state index contributed by atoms with van der Waals surface area (Å²) in [6, 6.07) is 15.7. The Hall–Kier alpha value is -3.61. The van der Waals surface area contributed by atoms with Crippen LogP contribution in [0, 0.1) is 0 Å². The van der Waals surface area contributed by atoms with Crippen molar-refractivity contribution in [2.45, 2.75) is 13.5 Å². The fourth-order valence-electron chi connectivity index (χ4n) is 2.58. The SMILES string of the molecule is CCOc1ccc(-n2ccn(CC(=O)Nc3ccccc3)c(=O)c2=O)cc1. The molecule has 0 saturated carbocycles. The van der Waals surface area contributed by atoms with Gasteiger partial charge in [0.2, 0.25) is 5.91 Å². The highest BCUT2D eigenvalue weighted by Gasteiger charge is 2.10. The Balaban J connectivity index is 1.79. The number of benzene rings is 2. The van der Waals surface area contributed by atoms with Crippen molar-refractivity contribution >= 4 is 11.6 Å². The second-order valence-corrected chi connectivity index (χ2v) is 5.75. The molecule has 1 amide bonds. The number of anilines is 1. The number of carbonyl (C=O) groups excluding carboxylic acids is 1. The van der Waals surface area contributed by atoms with Crippen LogP contribution in [0.1, 0.15) is 6.92 Å². The van der Waals surface area contributed by atoms with Crippen molar-refractivity contribution in [3.8, 4) is 11.4 Å². The Bertz CT molecular complexity index is 1040. The van der Waals surface area contributed by atoms with Crippen LogP contribution in [-0.2, 0) is 11.3 Å². The van der Waals surface area contributed by atoms with Crippen LogP contribution < -0.4 is 21.2 Å². The number of carbonyl (C=O) groups is 1. The van der Waals surface area contributed by atoms with Gasteiger partial charge in [0.25, 0.3) is 0 Å². The van der Waals surface area contributed by atoms with E-state index in [4.69, 9.17) is 4.74 Å². The zero-order valence-corrected chi connectivity index (χ0v) is 14.8. The average Bonchev–Trinajstić information content (AvgIpc) is 2.67. The summed E-state index contributed by atoms with van der Waals surface area (Å²) in [6.45, 7) is 2.18. The van der Waals surface area contributed by atoms with Gasteiger partial charge in [-0.05, 0) is 43.3 Å². The highest BCUT2D eigenvalue weighted by Crippen LogP contribution is 2.13. The fourth-order valence-corrected chi connectivity index (χ4v) is 2.58. The molecule has 1 N–H and O–H groups in total. The molecule has 0 bridgehead atoms. The minimum Gasteiger partial charge on any atom is -0.494 e. The molecule has 1 aromatic heterocycles. The Labute approximate surface area is 155 Å². The molecule has 138 valence electrons. The first-order valence-electron chi connectivity index (χ1n) is 8.48. The maximum Gasteiger partial charge on any atom is 0.320 e. The maximum atomic E-state index is 12.4. The van der Waals surface area contributed by atoms with Crippen molar-refractivity contribution in [3.63, 3.8) is 0 Å². The zero-order valence-electron chi connectivity index (χ0n) is 14.8. The lowest BCUT2D eigenvalue weighted by atomic mass is 10.3. The molecule has 0 saturated heterocycles. The lowest BCUT2D eigenvalue weighted by molar-refractivity contribution is -0.116.